The van der Waals surface area contributed by atoms with Crippen LogP contribution in [0.2, 0.25) is 0 Å². The van der Waals surface area contributed by atoms with Crippen LogP contribution in [0.15, 0.2) is 18.2 Å². The zero-order valence-corrected chi connectivity index (χ0v) is 10.4. The highest BCUT2D eigenvalue weighted by molar-refractivity contribution is 5.92. The van der Waals surface area contributed by atoms with E-state index in [1.54, 1.807) is 12.1 Å². The van der Waals surface area contributed by atoms with Crippen LogP contribution in [0.25, 0.3) is 0 Å². The molecule has 0 heterocycles. The first-order valence-corrected chi connectivity index (χ1v) is 6.48. The van der Waals surface area contributed by atoms with Gasteiger partial charge in [-0.3, -0.25) is 4.79 Å². The molecule has 1 aromatic carbocycles. The summed E-state index contributed by atoms with van der Waals surface area (Å²) in [6.45, 7) is 0.509. The number of halogens is 1. The molecule has 1 amide bonds. The monoisotopic (exact) mass is 250 g/mol. The number of nitrogens with one attached hydrogen (secondary N) is 1. The Morgan fingerprint density at radius 2 is 2.06 bits per heavy atom. The summed E-state index contributed by atoms with van der Waals surface area (Å²) in [6.07, 6.45) is 6.14. The highest BCUT2D eigenvalue weighted by Crippen LogP contribution is 2.18. The number of rotatable bonds is 4. The molecule has 0 atom stereocenters. The maximum atomic E-state index is 13.7. The first-order chi connectivity index (χ1) is 8.66. The average Bonchev–Trinajstić information content (AvgIpc) is 2.38. The zero-order valence-electron chi connectivity index (χ0n) is 10.4. The van der Waals surface area contributed by atoms with Crippen LogP contribution < -0.4 is 11.1 Å². The molecule has 3 nitrogen and oxygen atoms in total. The molecule has 1 fully saturated rings. The lowest BCUT2D eigenvalue weighted by atomic mass is 9.95. The number of benzene rings is 1. The summed E-state index contributed by atoms with van der Waals surface area (Å²) in [7, 11) is 0. The predicted octanol–water partition coefficient (Wildman–Crippen LogP) is 2.35. The molecule has 0 aromatic heterocycles. The quantitative estimate of drug-likeness (QED) is 0.861. The summed E-state index contributed by atoms with van der Waals surface area (Å²) in [5.41, 5.74) is 5.91. The van der Waals surface area contributed by atoms with Gasteiger partial charge in [-0.05, 0) is 25.0 Å². The lowest BCUT2D eigenvalue weighted by Gasteiger charge is -2.23. The minimum atomic E-state index is -0.597. The molecule has 1 aliphatic rings. The Hall–Kier alpha value is -1.42. The van der Waals surface area contributed by atoms with Crippen molar-refractivity contribution < 1.29 is 9.18 Å². The number of hydrogen-bond acceptors (Lipinski definition) is 2. The molecule has 2 rings (SSSR count). The normalized spacial score (nSPS) is 16.7. The zero-order chi connectivity index (χ0) is 13.0. The molecule has 98 valence electrons. The van der Waals surface area contributed by atoms with E-state index in [4.69, 9.17) is 5.73 Å². The molecule has 3 N–H and O–H groups in total. The molecular formula is C14H19FN2O. The van der Waals surface area contributed by atoms with E-state index in [-0.39, 0.29) is 11.4 Å². The standard InChI is InChI=1S/C14H19FN2O/c15-13-8-10(14(16)18)6-7-11(13)9-17-12-4-2-1-3-5-12/h6-8,12,17H,1-5,9H2,(H2,16,18). The van der Waals surface area contributed by atoms with E-state index in [0.717, 1.165) is 0 Å². The topological polar surface area (TPSA) is 55.1 Å². The Morgan fingerprint density at radius 3 is 2.67 bits per heavy atom. The van der Waals surface area contributed by atoms with E-state index in [0.29, 0.717) is 18.2 Å². The van der Waals surface area contributed by atoms with E-state index < -0.39 is 5.91 Å². The van der Waals surface area contributed by atoms with Crippen LogP contribution in [0, 0.1) is 5.82 Å². The number of amides is 1. The summed E-state index contributed by atoms with van der Waals surface area (Å²) in [5, 5.41) is 3.37. The largest absolute Gasteiger partial charge is 0.366 e. The third kappa shape index (κ3) is 3.29. The van der Waals surface area contributed by atoms with Crippen LogP contribution in [0.3, 0.4) is 0 Å². The van der Waals surface area contributed by atoms with Crippen LogP contribution in [-0.2, 0) is 6.54 Å². The van der Waals surface area contributed by atoms with Crippen molar-refractivity contribution in [3.8, 4) is 0 Å². The highest BCUT2D eigenvalue weighted by Gasteiger charge is 2.13. The maximum absolute atomic E-state index is 13.7. The van der Waals surface area contributed by atoms with Gasteiger partial charge in [0.1, 0.15) is 5.82 Å². The molecule has 0 spiro atoms. The first kappa shape index (κ1) is 13.0. The van der Waals surface area contributed by atoms with Gasteiger partial charge in [-0.1, -0.05) is 25.3 Å². The van der Waals surface area contributed by atoms with E-state index >= 15 is 0 Å². The molecule has 1 aromatic rings. The van der Waals surface area contributed by atoms with Crippen LogP contribution in [0.4, 0.5) is 4.39 Å². The molecule has 1 aliphatic carbocycles. The van der Waals surface area contributed by atoms with Crippen molar-refractivity contribution in [3.05, 3.63) is 35.1 Å². The lowest BCUT2D eigenvalue weighted by molar-refractivity contribution is 0.1000. The van der Waals surface area contributed by atoms with Gasteiger partial charge in [0, 0.05) is 23.7 Å². The third-order valence-electron chi connectivity index (χ3n) is 3.52. The maximum Gasteiger partial charge on any atom is 0.248 e. The second-order valence-corrected chi connectivity index (χ2v) is 4.89. The fourth-order valence-electron chi connectivity index (χ4n) is 2.40. The fourth-order valence-corrected chi connectivity index (χ4v) is 2.40. The Bertz CT molecular complexity index is 428. The summed E-state index contributed by atoms with van der Waals surface area (Å²) in [5.74, 6) is -0.963. The number of primary amides is 1. The molecule has 0 radical (unpaired) electrons. The third-order valence-corrected chi connectivity index (χ3v) is 3.52. The minimum absolute atomic E-state index is 0.217. The number of hydrogen-bond donors (Lipinski definition) is 2. The van der Waals surface area contributed by atoms with E-state index in [1.165, 1.54) is 38.2 Å². The molecule has 0 bridgehead atoms. The summed E-state index contributed by atoms with van der Waals surface area (Å²) < 4.78 is 13.7. The molecule has 0 saturated heterocycles. The Kier molecular flexibility index (Phi) is 4.31. The van der Waals surface area contributed by atoms with Crippen molar-refractivity contribution in [2.75, 3.05) is 0 Å². The number of carbonyl (C=O) groups excluding carboxylic acids is 1. The van der Waals surface area contributed by atoms with E-state index in [9.17, 15) is 9.18 Å². The molecule has 1 saturated carbocycles. The van der Waals surface area contributed by atoms with Gasteiger partial charge >= 0.3 is 0 Å². The second kappa shape index (κ2) is 5.96. The molecule has 0 aliphatic heterocycles. The molecule has 4 heteroatoms. The Morgan fingerprint density at radius 1 is 1.33 bits per heavy atom. The SMILES string of the molecule is NC(=O)c1ccc(CNC2CCCCC2)c(F)c1. The van der Waals surface area contributed by atoms with Crippen molar-refractivity contribution in [1.82, 2.24) is 5.32 Å². The highest BCUT2D eigenvalue weighted by atomic mass is 19.1. The minimum Gasteiger partial charge on any atom is -0.366 e. The number of nitrogens with two attached hydrogens (primary N) is 1. The first-order valence-electron chi connectivity index (χ1n) is 6.48. The Balaban J connectivity index is 1.94. The van der Waals surface area contributed by atoms with Crippen LogP contribution in [-0.4, -0.2) is 11.9 Å². The van der Waals surface area contributed by atoms with Gasteiger partial charge in [0.25, 0.3) is 0 Å². The van der Waals surface area contributed by atoms with Crippen molar-refractivity contribution in [1.29, 1.82) is 0 Å². The summed E-state index contributed by atoms with van der Waals surface area (Å²) in [4.78, 5) is 10.9. The van der Waals surface area contributed by atoms with Gasteiger partial charge in [0.2, 0.25) is 5.91 Å². The van der Waals surface area contributed by atoms with Crippen molar-refractivity contribution >= 4 is 5.91 Å². The van der Waals surface area contributed by atoms with Crippen molar-refractivity contribution in [2.24, 2.45) is 5.73 Å². The summed E-state index contributed by atoms with van der Waals surface area (Å²) >= 11 is 0. The van der Waals surface area contributed by atoms with Crippen LogP contribution >= 0.6 is 0 Å². The van der Waals surface area contributed by atoms with E-state index in [1.807, 2.05) is 0 Å². The summed E-state index contributed by atoms with van der Waals surface area (Å²) in [6, 6.07) is 4.91. The van der Waals surface area contributed by atoms with Crippen LogP contribution in [0.1, 0.15) is 48.0 Å². The van der Waals surface area contributed by atoms with Crippen LogP contribution in [0.5, 0.6) is 0 Å². The van der Waals surface area contributed by atoms with Gasteiger partial charge in [-0.15, -0.1) is 0 Å². The van der Waals surface area contributed by atoms with Crippen molar-refractivity contribution in [3.63, 3.8) is 0 Å². The van der Waals surface area contributed by atoms with Gasteiger partial charge < -0.3 is 11.1 Å². The Labute approximate surface area is 107 Å². The van der Waals surface area contributed by atoms with Gasteiger partial charge in [0.15, 0.2) is 0 Å². The van der Waals surface area contributed by atoms with E-state index in [2.05, 4.69) is 5.32 Å². The number of carbonyl (C=O) groups is 1. The van der Waals surface area contributed by atoms with Gasteiger partial charge in [-0.25, -0.2) is 4.39 Å². The lowest BCUT2D eigenvalue weighted by Crippen LogP contribution is -2.30. The van der Waals surface area contributed by atoms with Crippen molar-refractivity contribution in [2.45, 2.75) is 44.7 Å². The molecule has 18 heavy (non-hydrogen) atoms. The molecule has 0 unspecified atom stereocenters. The second-order valence-electron chi connectivity index (χ2n) is 4.89. The molecular weight excluding hydrogens is 231 g/mol. The average molecular weight is 250 g/mol. The fraction of sp³-hybridized carbons (Fsp3) is 0.500. The predicted molar refractivity (Wildman–Crippen MR) is 68.6 cm³/mol. The van der Waals surface area contributed by atoms with Gasteiger partial charge in [0.05, 0.1) is 0 Å². The van der Waals surface area contributed by atoms with Gasteiger partial charge in [-0.2, -0.15) is 0 Å². The smallest absolute Gasteiger partial charge is 0.248 e.